The van der Waals surface area contributed by atoms with E-state index in [-0.39, 0.29) is 31.7 Å². The molecule has 10 rings (SSSR count). The second-order valence-corrected chi connectivity index (χ2v) is 23.5. The first-order chi connectivity index (χ1) is 31.9. The van der Waals surface area contributed by atoms with Crippen molar-refractivity contribution in [1.29, 1.82) is 0 Å². The minimum absolute atomic E-state index is 0.0262. The average molecular weight is 919 g/mol. The average Bonchev–Trinajstić information content (AvgIpc) is 3.80. The Hall–Kier alpha value is -6.74. The number of benzene rings is 8. The zero-order valence-corrected chi connectivity index (χ0v) is 40.2. The molecule has 0 amide bonds. The van der Waals surface area contributed by atoms with E-state index in [1.165, 1.54) is 12.1 Å². The van der Waals surface area contributed by atoms with E-state index in [4.69, 9.17) is 0 Å². The lowest BCUT2D eigenvalue weighted by atomic mass is 9.70. The largest absolute Gasteiger partial charge is 0.289 e. The molecule has 0 radical (unpaired) electrons. The number of hydrogen-bond acceptors (Lipinski definition) is 6. The first-order valence-corrected chi connectivity index (χ1v) is 25.7. The predicted octanol–water partition coefficient (Wildman–Crippen LogP) is 13.0. The first-order valence-electron chi connectivity index (χ1n) is 22.7. The molecule has 2 atom stereocenters. The third kappa shape index (κ3) is 6.62. The normalized spacial score (nSPS) is 15.5. The maximum atomic E-state index is 14.8. The number of fused-ring (bicyclic) bond motifs is 11. The summed E-state index contributed by atoms with van der Waals surface area (Å²) in [6, 6.07) is 48.0. The van der Waals surface area contributed by atoms with Crippen molar-refractivity contribution in [3.63, 3.8) is 0 Å². The van der Waals surface area contributed by atoms with Crippen molar-refractivity contribution in [1.82, 2.24) is 0 Å². The molecule has 8 aromatic carbocycles. The van der Waals surface area contributed by atoms with Gasteiger partial charge in [0.2, 0.25) is 9.84 Å². The molecule has 0 aromatic heterocycles. The van der Waals surface area contributed by atoms with E-state index in [2.05, 4.69) is 32.9 Å². The monoisotopic (exact) mass is 918 g/mol. The molecule has 8 heteroatoms. The Labute approximate surface area is 393 Å². The minimum Gasteiger partial charge on any atom is -0.289 e. The fraction of sp³-hybridized carbons (Fsp3) is 0.186. The van der Waals surface area contributed by atoms with Crippen molar-refractivity contribution in [2.24, 2.45) is 0 Å². The maximum Gasteiger partial charge on any atom is 0.206 e. The van der Waals surface area contributed by atoms with Gasteiger partial charge in [0.15, 0.2) is 21.4 Å². The fourth-order valence-corrected chi connectivity index (χ4v) is 13.2. The molecule has 0 fully saturated rings. The van der Waals surface area contributed by atoms with Crippen LogP contribution >= 0.6 is 0 Å². The molecule has 0 saturated heterocycles. The lowest BCUT2D eigenvalue weighted by molar-refractivity contribution is 0.103. The number of rotatable bonds is 9. The molecule has 0 N–H and O–H groups in total. The highest BCUT2D eigenvalue weighted by molar-refractivity contribution is 7.92. The van der Waals surface area contributed by atoms with Crippen LogP contribution in [0.3, 0.4) is 0 Å². The zero-order valence-electron chi connectivity index (χ0n) is 38.6. The van der Waals surface area contributed by atoms with Crippen LogP contribution in [0.1, 0.15) is 112 Å². The van der Waals surface area contributed by atoms with Crippen LogP contribution in [0.2, 0.25) is 0 Å². The molecule has 2 aliphatic carbocycles. The lowest BCUT2D eigenvalue weighted by Crippen LogP contribution is -2.27. The van der Waals surface area contributed by atoms with E-state index in [0.29, 0.717) is 39.4 Å². The smallest absolute Gasteiger partial charge is 0.206 e. The molecule has 0 bridgehead atoms. The Bertz CT molecular complexity index is 3620. The van der Waals surface area contributed by atoms with Gasteiger partial charge in [-0.25, -0.2) is 16.8 Å². The van der Waals surface area contributed by atoms with E-state index in [1.54, 1.807) is 37.3 Å². The van der Waals surface area contributed by atoms with Crippen molar-refractivity contribution in [2.75, 3.05) is 0 Å². The summed E-state index contributed by atoms with van der Waals surface area (Å²) in [6.07, 6.45) is 0.465. The van der Waals surface area contributed by atoms with Crippen molar-refractivity contribution in [3.8, 4) is 22.3 Å². The standard InChI is InChI=1S/C59H50O6S2/c1-8-37(4)66(62,63)42-27-31-46-44-13-9-11-15-50(44)59(52(46)33-42)51-16-12-10-14-45(51)47-32-28-43(34-53(47)59)67(64,65)41-25-21-39(22-26-41)57(61)55-36(3)18-29-48-49(55)30-17-35(2)54(48)56(60)38-19-23-40(24-20-38)58(5,6)7/h9-34,37H,8H2,1-7H3. The van der Waals surface area contributed by atoms with Gasteiger partial charge in [0.05, 0.1) is 25.4 Å². The summed E-state index contributed by atoms with van der Waals surface area (Å²) in [5, 5.41) is 0.739. The minimum atomic E-state index is -4.15. The molecule has 0 heterocycles. The van der Waals surface area contributed by atoms with Gasteiger partial charge < -0.3 is 0 Å². The van der Waals surface area contributed by atoms with Crippen LogP contribution in [0, 0.1) is 13.8 Å². The van der Waals surface area contributed by atoms with E-state index < -0.39 is 30.3 Å². The van der Waals surface area contributed by atoms with Crippen LogP contribution in [0.5, 0.6) is 0 Å². The highest BCUT2D eigenvalue weighted by Crippen LogP contribution is 2.63. The van der Waals surface area contributed by atoms with Crippen LogP contribution in [0.15, 0.2) is 172 Å². The Morgan fingerprint density at radius 1 is 0.507 bits per heavy atom. The maximum absolute atomic E-state index is 14.8. The summed E-state index contributed by atoms with van der Waals surface area (Å²) in [5.74, 6) is -0.406. The Morgan fingerprint density at radius 3 is 1.40 bits per heavy atom. The molecule has 1 spiro atoms. The Balaban J connectivity index is 1.04. The van der Waals surface area contributed by atoms with Crippen LogP contribution in [0.4, 0.5) is 0 Å². The molecule has 2 aliphatic rings. The van der Waals surface area contributed by atoms with E-state index in [1.807, 2.05) is 124 Å². The van der Waals surface area contributed by atoms with E-state index in [9.17, 15) is 26.4 Å². The SMILES string of the molecule is CCC(C)S(=O)(=O)c1ccc2c(c1)C1(c3ccccc3-c3ccc(S(=O)(=O)c4ccc(C(=O)c5c(C)ccc6c(C(=O)c7ccc(C(C)(C)C)cc7)c(C)ccc56)cc4)cc31)c1ccccc1-2. The summed E-state index contributed by atoms with van der Waals surface area (Å²) < 4.78 is 57.4. The van der Waals surface area contributed by atoms with Crippen molar-refractivity contribution in [3.05, 3.63) is 219 Å². The van der Waals surface area contributed by atoms with Gasteiger partial charge in [0, 0.05) is 22.3 Å². The van der Waals surface area contributed by atoms with Crippen molar-refractivity contribution in [2.45, 2.75) is 85.7 Å². The van der Waals surface area contributed by atoms with Crippen molar-refractivity contribution < 1.29 is 26.4 Å². The zero-order chi connectivity index (χ0) is 47.4. The summed E-state index contributed by atoms with van der Waals surface area (Å²) >= 11 is 0. The molecule has 334 valence electrons. The Kier molecular flexibility index (Phi) is 10.3. The number of aryl methyl sites for hydroxylation is 2. The molecular weight excluding hydrogens is 869 g/mol. The highest BCUT2D eigenvalue weighted by Gasteiger charge is 2.52. The summed E-state index contributed by atoms with van der Waals surface area (Å²) in [7, 11) is -7.81. The number of hydrogen-bond donors (Lipinski definition) is 0. The number of sulfone groups is 2. The topological polar surface area (TPSA) is 102 Å². The second kappa shape index (κ2) is 15.7. The van der Waals surface area contributed by atoms with Crippen molar-refractivity contribution >= 4 is 42.0 Å². The number of carbonyl (C=O) groups is 2. The summed E-state index contributed by atoms with van der Waals surface area (Å²) in [5.41, 5.74) is 10.6. The van der Waals surface area contributed by atoms with E-state index >= 15 is 0 Å². The molecule has 6 nitrogen and oxygen atoms in total. The lowest BCUT2D eigenvalue weighted by Gasteiger charge is -2.31. The molecule has 0 aliphatic heterocycles. The van der Waals surface area contributed by atoms with Gasteiger partial charge in [-0.3, -0.25) is 9.59 Å². The Morgan fingerprint density at radius 2 is 0.925 bits per heavy atom. The molecule has 67 heavy (non-hydrogen) atoms. The molecular formula is C59H50O6S2. The van der Waals surface area contributed by atoms with E-state index in [0.717, 1.165) is 61.2 Å². The highest BCUT2D eigenvalue weighted by atomic mass is 32.2. The van der Waals surface area contributed by atoms with Crippen LogP contribution in [0.25, 0.3) is 33.0 Å². The van der Waals surface area contributed by atoms with Gasteiger partial charge in [-0.15, -0.1) is 0 Å². The molecule has 2 unspecified atom stereocenters. The van der Waals surface area contributed by atoms with Gasteiger partial charge in [0.25, 0.3) is 0 Å². The quantitative estimate of drug-likeness (QED) is 0.134. The van der Waals surface area contributed by atoms with Gasteiger partial charge >= 0.3 is 0 Å². The summed E-state index contributed by atoms with van der Waals surface area (Å²) in [6.45, 7) is 13.8. The van der Waals surface area contributed by atoms with Crippen LogP contribution < -0.4 is 0 Å². The predicted molar refractivity (Wildman–Crippen MR) is 267 cm³/mol. The number of carbonyl (C=O) groups excluding carboxylic acids is 2. The molecule has 8 aromatic rings. The third-order valence-corrected chi connectivity index (χ3v) is 18.4. The van der Waals surface area contributed by atoms with Crippen LogP contribution in [-0.2, 0) is 30.5 Å². The number of ketones is 2. The molecule has 0 saturated carbocycles. The fourth-order valence-electron chi connectivity index (χ4n) is 10.5. The van der Waals surface area contributed by atoms with Crippen LogP contribution in [-0.4, -0.2) is 33.7 Å². The van der Waals surface area contributed by atoms with Gasteiger partial charge in [-0.2, -0.15) is 0 Å². The van der Waals surface area contributed by atoms with Gasteiger partial charge in [-0.05, 0) is 153 Å². The van der Waals surface area contributed by atoms with Gasteiger partial charge in [0.1, 0.15) is 0 Å². The first kappa shape index (κ1) is 44.1. The third-order valence-electron chi connectivity index (χ3n) is 14.3. The van der Waals surface area contributed by atoms with Gasteiger partial charge in [-0.1, -0.05) is 137 Å². The second-order valence-electron chi connectivity index (χ2n) is 19.1. The summed E-state index contributed by atoms with van der Waals surface area (Å²) in [4.78, 5) is 29.0.